The fourth-order valence-corrected chi connectivity index (χ4v) is 3.63. The van der Waals surface area contributed by atoms with E-state index in [-0.39, 0.29) is 11.9 Å². The number of hydrogen-bond acceptors (Lipinski definition) is 5. The maximum Gasteiger partial charge on any atom is 0.227 e. The van der Waals surface area contributed by atoms with Gasteiger partial charge in [-0.15, -0.1) is 15.3 Å². The molecule has 1 saturated heterocycles. The van der Waals surface area contributed by atoms with Gasteiger partial charge in [0.2, 0.25) is 5.91 Å². The van der Waals surface area contributed by atoms with Crippen molar-refractivity contribution in [3.63, 3.8) is 0 Å². The minimum absolute atomic E-state index is 0.128. The highest BCUT2D eigenvalue weighted by Gasteiger charge is 2.27. The van der Waals surface area contributed by atoms with Gasteiger partial charge in [-0.2, -0.15) is 4.52 Å². The number of benzene rings is 1. The molecule has 2 aromatic heterocycles. The van der Waals surface area contributed by atoms with E-state index in [1.807, 2.05) is 42.2 Å². The largest absolute Gasteiger partial charge is 0.349 e. The van der Waals surface area contributed by atoms with Crippen LogP contribution < -0.4 is 4.90 Å². The molecule has 27 heavy (non-hydrogen) atoms. The summed E-state index contributed by atoms with van der Waals surface area (Å²) in [5, 5.41) is 13.1. The van der Waals surface area contributed by atoms with Crippen LogP contribution in [0.2, 0.25) is 5.02 Å². The first-order chi connectivity index (χ1) is 13.0. The fraction of sp³-hybridized carbons (Fsp3) is 0.368. The second-order valence-electron chi connectivity index (χ2n) is 6.97. The number of amides is 1. The molecule has 8 heteroatoms. The lowest BCUT2D eigenvalue weighted by molar-refractivity contribution is -0.131. The molecule has 1 aliphatic heterocycles. The molecule has 140 valence electrons. The number of nitrogens with zero attached hydrogens (tertiary/aromatic N) is 6. The summed E-state index contributed by atoms with van der Waals surface area (Å²) in [7, 11) is 0. The number of halogens is 1. The van der Waals surface area contributed by atoms with E-state index >= 15 is 0 Å². The highest BCUT2D eigenvalue weighted by Crippen LogP contribution is 2.21. The Bertz CT molecular complexity index is 987. The van der Waals surface area contributed by atoms with Crippen LogP contribution in [0.15, 0.2) is 36.7 Å². The Balaban J connectivity index is 1.42. The first-order valence-electron chi connectivity index (χ1n) is 8.98. The van der Waals surface area contributed by atoms with Crippen molar-refractivity contribution >= 4 is 29.0 Å². The van der Waals surface area contributed by atoms with Gasteiger partial charge in [-0.25, -0.2) is 0 Å². The first kappa shape index (κ1) is 17.7. The van der Waals surface area contributed by atoms with Gasteiger partial charge in [0.05, 0.1) is 6.42 Å². The number of carbonyl (C=O) groups is 1. The smallest absolute Gasteiger partial charge is 0.227 e. The van der Waals surface area contributed by atoms with Gasteiger partial charge in [-0.1, -0.05) is 23.7 Å². The van der Waals surface area contributed by atoms with Gasteiger partial charge >= 0.3 is 0 Å². The summed E-state index contributed by atoms with van der Waals surface area (Å²) >= 11 is 6.18. The van der Waals surface area contributed by atoms with Gasteiger partial charge in [0.15, 0.2) is 5.65 Å². The van der Waals surface area contributed by atoms with Gasteiger partial charge in [-0.05, 0) is 43.2 Å². The molecule has 1 atom stereocenters. The number of hydrogen-bond donors (Lipinski definition) is 0. The Morgan fingerprint density at radius 3 is 2.89 bits per heavy atom. The Hall–Kier alpha value is -2.67. The molecule has 1 aromatic carbocycles. The summed E-state index contributed by atoms with van der Waals surface area (Å²) in [5.74, 6) is 0.996. The molecule has 0 aliphatic carbocycles. The second kappa shape index (κ2) is 7.15. The van der Waals surface area contributed by atoms with Crippen LogP contribution in [0.5, 0.6) is 0 Å². The predicted octanol–water partition coefficient (Wildman–Crippen LogP) is 2.37. The number of fused-ring (bicyclic) bond motifs is 1. The minimum atomic E-state index is 0.128. The molecule has 1 aliphatic rings. The average molecular weight is 385 g/mol. The number of piperazine rings is 1. The molecule has 0 radical (unpaired) electrons. The minimum Gasteiger partial charge on any atom is -0.349 e. The van der Waals surface area contributed by atoms with E-state index in [1.54, 1.807) is 10.8 Å². The highest BCUT2D eigenvalue weighted by molar-refractivity contribution is 6.31. The molecule has 7 nitrogen and oxygen atoms in total. The lowest BCUT2D eigenvalue weighted by Gasteiger charge is -2.40. The van der Waals surface area contributed by atoms with Gasteiger partial charge in [0.1, 0.15) is 12.1 Å². The SMILES string of the molecule is Cc1ccc(CC(=O)N2CCN(c3ccc4nncn4n3)C(C)C2)cc1Cl. The summed E-state index contributed by atoms with van der Waals surface area (Å²) in [5.41, 5.74) is 2.69. The van der Waals surface area contributed by atoms with Crippen LogP contribution in [-0.4, -0.2) is 56.3 Å². The number of aryl methyl sites for hydroxylation is 1. The lowest BCUT2D eigenvalue weighted by Crippen LogP contribution is -2.54. The van der Waals surface area contributed by atoms with E-state index in [1.165, 1.54) is 0 Å². The Kier molecular flexibility index (Phi) is 4.70. The normalized spacial score (nSPS) is 17.5. The molecule has 1 fully saturated rings. The summed E-state index contributed by atoms with van der Waals surface area (Å²) in [6, 6.07) is 9.83. The molecule has 3 heterocycles. The second-order valence-corrected chi connectivity index (χ2v) is 7.37. The van der Waals surface area contributed by atoms with Crippen molar-refractivity contribution in [2.45, 2.75) is 26.3 Å². The van der Waals surface area contributed by atoms with Crippen molar-refractivity contribution in [2.75, 3.05) is 24.5 Å². The fourth-order valence-electron chi connectivity index (χ4n) is 3.43. The van der Waals surface area contributed by atoms with Crippen LogP contribution in [0.25, 0.3) is 5.65 Å². The highest BCUT2D eigenvalue weighted by atomic mass is 35.5. The molecular formula is C19H21ClN6O. The molecule has 0 N–H and O–H groups in total. The maximum atomic E-state index is 12.7. The molecule has 1 unspecified atom stereocenters. The third-order valence-electron chi connectivity index (χ3n) is 5.01. The lowest BCUT2D eigenvalue weighted by atomic mass is 10.1. The number of anilines is 1. The number of carbonyl (C=O) groups excluding carboxylic acids is 1. The van der Waals surface area contributed by atoms with Crippen molar-refractivity contribution in [1.29, 1.82) is 0 Å². The summed E-state index contributed by atoms with van der Waals surface area (Å²) in [6.07, 6.45) is 1.97. The Labute approximate surface area is 162 Å². The van der Waals surface area contributed by atoms with E-state index in [0.717, 1.165) is 29.1 Å². The Morgan fingerprint density at radius 1 is 1.26 bits per heavy atom. The quantitative estimate of drug-likeness (QED) is 0.693. The van der Waals surface area contributed by atoms with Gasteiger partial charge in [0.25, 0.3) is 0 Å². The maximum absolute atomic E-state index is 12.7. The molecule has 1 amide bonds. The van der Waals surface area contributed by atoms with Crippen LogP contribution in [0.1, 0.15) is 18.1 Å². The Morgan fingerprint density at radius 2 is 2.11 bits per heavy atom. The molecule has 3 aromatic rings. The van der Waals surface area contributed by atoms with Crippen LogP contribution in [0.3, 0.4) is 0 Å². The molecular weight excluding hydrogens is 364 g/mol. The van der Waals surface area contributed by atoms with Crippen LogP contribution in [-0.2, 0) is 11.2 Å². The average Bonchev–Trinajstić information content (AvgIpc) is 3.12. The summed E-state index contributed by atoms with van der Waals surface area (Å²) in [6.45, 7) is 6.15. The molecule has 4 rings (SSSR count). The van der Waals surface area contributed by atoms with Crippen LogP contribution in [0.4, 0.5) is 5.82 Å². The van der Waals surface area contributed by atoms with Crippen molar-refractivity contribution < 1.29 is 4.79 Å². The van der Waals surface area contributed by atoms with Gasteiger partial charge in [-0.3, -0.25) is 4.79 Å². The predicted molar refractivity (Wildman–Crippen MR) is 104 cm³/mol. The van der Waals surface area contributed by atoms with Crippen molar-refractivity contribution in [3.8, 4) is 0 Å². The molecule has 0 saturated carbocycles. The number of aromatic nitrogens is 4. The van der Waals surface area contributed by atoms with Gasteiger partial charge in [0, 0.05) is 30.7 Å². The molecule has 0 spiro atoms. The zero-order valence-corrected chi connectivity index (χ0v) is 16.1. The van der Waals surface area contributed by atoms with Crippen molar-refractivity contribution in [2.24, 2.45) is 0 Å². The van der Waals surface area contributed by atoms with E-state index in [2.05, 4.69) is 27.1 Å². The standard InChI is InChI=1S/C19H21ClN6O/c1-13-3-4-15(9-16(13)20)10-19(27)24-7-8-25(14(2)11-24)18-6-5-17-22-21-12-26(17)23-18/h3-6,9,12,14H,7-8,10-11H2,1-2H3. The van der Waals surface area contributed by atoms with Crippen LogP contribution >= 0.6 is 11.6 Å². The third kappa shape index (κ3) is 3.60. The topological polar surface area (TPSA) is 66.6 Å². The van der Waals surface area contributed by atoms with Crippen molar-refractivity contribution in [1.82, 2.24) is 24.7 Å². The van der Waals surface area contributed by atoms with E-state index < -0.39 is 0 Å². The third-order valence-corrected chi connectivity index (χ3v) is 5.42. The van der Waals surface area contributed by atoms with Crippen molar-refractivity contribution in [3.05, 3.63) is 52.8 Å². The van der Waals surface area contributed by atoms with E-state index in [0.29, 0.717) is 24.5 Å². The zero-order valence-electron chi connectivity index (χ0n) is 15.3. The summed E-state index contributed by atoms with van der Waals surface area (Å²) < 4.78 is 1.67. The zero-order chi connectivity index (χ0) is 19.0. The van der Waals surface area contributed by atoms with E-state index in [9.17, 15) is 4.79 Å². The molecule has 0 bridgehead atoms. The number of rotatable bonds is 3. The monoisotopic (exact) mass is 384 g/mol. The van der Waals surface area contributed by atoms with Gasteiger partial charge < -0.3 is 9.80 Å². The summed E-state index contributed by atoms with van der Waals surface area (Å²) in [4.78, 5) is 16.9. The first-order valence-corrected chi connectivity index (χ1v) is 9.35. The van der Waals surface area contributed by atoms with E-state index in [4.69, 9.17) is 11.6 Å². The van der Waals surface area contributed by atoms with Crippen LogP contribution in [0, 0.1) is 6.92 Å².